The number of hydrogen-bond acceptors (Lipinski definition) is 4. The van der Waals surface area contributed by atoms with Crippen molar-refractivity contribution in [1.29, 1.82) is 0 Å². The van der Waals surface area contributed by atoms with Gasteiger partial charge in [-0.25, -0.2) is 0 Å². The quantitative estimate of drug-likeness (QED) is 0.650. The standard InChI is InChI=1S/C20H16BrF3N2O4/c21-13-5-7-14(8-6-13)26-10-12(9-18(26)28)19(29)30-11-17(27)25-16-4-2-1-3-15(16)20(22,23)24/h1-8,12H,9-11H2,(H,25,27)/t12-/m0/s1. The Morgan fingerprint density at radius 1 is 1.13 bits per heavy atom. The van der Waals surface area contributed by atoms with E-state index < -0.39 is 41.8 Å². The number of ether oxygens (including phenoxy) is 1. The molecule has 0 unspecified atom stereocenters. The third-order valence-corrected chi connectivity index (χ3v) is 4.98. The summed E-state index contributed by atoms with van der Waals surface area (Å²) in [5, 5.41) is 2.09. The summed E-state index contributed by atoms with van der Waals surface area (Å²) in [5.74, 6) is -2.70. The van der Waals surface area contributed by atoms with E-state index in [2.05, 4.69) is 21.2 Å². The summed E-state index contributed by atoms with van der Waals surface area (Å²) in [6.45, 7) is -0.661. The van der Waals surface area contributed by atoms with E-state index in [0.717, 1.165) is 16.6 Å². The number of carbonyl (C=O) groups is 3. The Morgan fingerprint density at radius 3 is 2.47 bits per heavy atom. The van der Waals surface area contributed by atoms with Crippen molar-refractivity contribution < 1.29 is 32.3 Å². The molecule has 0 aromatic heterocycles. The Kier molecular flexibility index (Phi) is 6.45. The highest BCUT2D eigenvalue weighted by Crippen LogP contribution is 2.34. The van der Waals surface area contributed by atoms with Gasteiger partial charge in [0.05, 0.1) is 17.2 Å². The topological polar surface area (TPSA) is 75.7 Å². The molecule has 1 N–H and O–H groups in total. The van der Waals surface area contributed by atoms with Crippen LogP contribution in [-0.2, 0) is 25.3 Å². The van der Waals surface area contributed by atoms with Gasteiger partial charge >= 0.3 is 12.1 Å². The zero-order valence-corrected chi connectivity index (χ0v) is 17.0. The third kappa shape index (κ3) is 5.18. The fourth-order valence-electron chi connectivity index (χ4n) is 3.02. The zero-order valence-electron chi connectivity index (χ0n) is 15.4. The molecule has 0 spiro atoms. The molecule has 1 saturated heterocycles. The van der Waals surface area contributed by atoms with Crippen LogP contribution in [0.5, 0.6) is 0 Å². The predicted octanol–water partition coefficient (Wildman–Crippen LogP) is 4.00. The molecular formula is C20H16BrF3N2O4. The van der Waals surface area contributed by atoms with Gasteiger partial charge in [-0.05, 0) is 36.4 Å². The van der Waals surface area contributed by atoms with Gasteiger partial charge in [-0.1, -0.05) is 28.1 Å². The first-order valence-electron chi connectivity index (χ1n) is 8.84. The predicted molar refractivity (Wildman–Crippen MR) is 106 cm³/mol. The van der Waals surface area contributed by atoms with Gasteiger partial charge < -0.3 is 15.0 Å². The maximum atomic E-state index is 13.0. The fraction of sp³-hybridized carbons (Fsp3) is 0.250. The van der Waals surface area contributed by atoms with Crippen LogP contribution >= 0.6 is 15.9 Å². The third-order valence-electron chi connectivity index (χ3n) is 4.45. The monoisotopic (exact) mass is 484 g/mol. The molecule has 6 nitrogen and oxygen atoms in total. The van der Waals surface area contributed by atoms with Gasteiger partial charge in [-0.2, -0.15) is 13.2 Å². The normalized spacial score (nSPS) is 16.5. The van der Waals surface area contributed by atoms with Crippen LogP contribution in [0.1, 0.15) is 12.0 Å². The van der Waals surface area contributed by atoms with Gasteiger partial charge in [0, 0.05) is 23.1 Å². The Hall–Kier alpha value is -2.88. The molecule has 0 aliphatic carbocycles. The first-order valence-corrected chi connectivity index (χ1v) is 9.63. The van der Waals surface area contributed by atoms with E-state index in [1.54, 1.807) is 24.3 Å². The van der Waals surface area contributed by atoms with E-state index in [4.69, 9.17) is 4.74 Å². The van der Waals surface area contributed by atoms with Crippen LogP contribution in [0.2, 0.25) is 0 Å². The number of esters is 1. The molecule has 1 atom stereocenters. The lowest BCUT2D eigenvalue weighted by Crippen LogP contribution is -2.28. The van der Waals surface area contributed by atoms with Crippen LogP contribution in [0, 0.1) is 5.92 Å². The van der Waals surface area contributed by atoms with Crippen molar-refractivity contribution in [2.24, 2.45) is 5.92 Å². The van der Waals surface area contributed by atoms with Crippen molar-refractivity contribution in [3.8, 4) is 0 Å². The Bertz CT molecular complexity index is 963. The number of rotatable bonds is 5. The van der Waals surface area contributed by atoms with Gasteiger partial charge in [0.15, 0.2) is 6.61 Å². The highest BCUT2D eigenvalue weighted by atomic mass is 79.9. The molecule has 2 aromatic rings. The highest BCUT2D eigenvalue weighted by Gasteiger charge is 2.37. The van der Waals surface area contributed by atoms with Crippen LogP contribution in [-0.4, -0.2) is 30.9 Å². The van der Waals surface area contributed by atoms with E-state index in [-0.39, 0.29) is 18.9 Å². The lowest BCUT2D eigenvalue weighted by Gasteiger charge is -2.16. The summed E-state index contributed by atoms with van der Waals surface area (Å²) in [7, 11) is 0. The molecule has 1 aliphatic heterocycles. The highest BCUT2D eigenvalue weighted by molar-refractivity contribution is 9.10. The van der Waals surface area contributed by atoms with Gasteiger partial charge in [-0.15, -0.1) is 0 Å². The Balaban J connectivity index is 1.55. The summed E-state index contributed by atoms with van der Waals surface area (Å²) < 4.78 is 44.7. The minimum Gasteiger partial charge on any atom is -0.455 e. The van der Waals surface area contributed by atoms with Crippen LogP contribution < -0.4 is 10.2 Å². The molecule has 1 aliphatic rings. The molecule has 2 amide bonds. The number of benzene rings is 2. The molecule has 1 heterocycles. The number of amides is 2. The number of nitrogens with one attached hydrogen (secondary N) is 1. The van der Waals surface area contributed by atoms with Crippen molar-refractivity contribution in [3.63, 3.8) is 0 Å². The van der Waals surface area contributed by atoms with Crippen molar-refractivity contribution in [1.82, 2.24) is 0 Å². The fourth-order valence-corrected chi connectivity index (χ4v) is 3.28. The summed E-state index contributed by atoms with van der Waals surface area (Å²) in [6, 6.07) is 11.5. The molecule has 0 bridgehead atoms. The Morgan fingerprint density at radius 2 is 1.80 bits per heavy atom. The second-order valence-electron chi connectivity index (χ2n) is 6.58. The number of hydrogen-bond donors (Lipinski definition) is 1. The second kappa shape index (κ2) is 8.86. The summed E-state index contributed by atoms with van der Waals surface area (Å²) in [5.41, 5.74) is -0.806. The molecule has 0 saturated carbocycles. The average Bonchev–Trinajstić information content (AvgIpc) is 3.08. The largest absolute Gasteiger partial charge is 0.455 e. The van der Waals surface area contributed by atoms with Crippen LogP contribution in [0.4, 0.5) is 24.5 Å². The molecular weight excluding hydrogens is 469 g/mol. The number of carbonyl (C=O) groups excluding carboxylic acids is 3. The van der Waals surface area contributed by atoms with Gasteiger partial charge in [0.25, 0.3) is 5.91 Å². The molecule has 3 rings (SSSR count). The minimum atomic E-state index is -4.64. The average molecular weight is 485 g/mol. The van der Waals surface area contributed by atoms with E-state index in [1.165, 1.54) is 17.0 Å². The smallest absolute Gasteiger partial charge is 0.418 e. The van der Waals surface area contributed by atoms with E-state index in [0.29, 0.717) is 5.69 Å². The molecule has 10 heteroatoms. The lowest BCUT2D eigenvalue weighted by atomic mass is 10.1. The van der Waals surface area contributed by atoms with Crippen molar-refractivity contribution in [2.45, 2.75) is 12.6 Å². The first kappa shape index (κ1) is 21.8. The summed E-state index contributed by atoms with van der Waals surface area (Å²) >= 11 is 3.30. The minimum absolute atomic E-state index is 0.0760. The second-order valence-corrected chi connectivity index (χ2v) is 7.50. The molecule has 158 valence electrons. The number of nitrogens with zero attached hydrogens (tertiary/aromatic N) is 1. The van der Waals surface area contributed by atoms with E-state index in [1.807, 2.05) is 0 Å². The summed E-state index contributed by atoms with van der Waals surface area (Å²) in [6.07, 6.45) is -4.71. The zero-order chi connectivity index (χ0) is 21.9. The lowest BCUT2D eigenvalue weighted by molar-refractivity contribution is -0.151. The number of anilines is 2. The molecule has 30 heavy (non-hydrogen) atoms. The molecule has 1 fully saturated rings. The van der Waals surface area contributed by atoms with Crippen molar-refractivity contribution in [2.75, 3.05) is 23.4 Å². The number of alkyl halides is 3. The maximum Gasteiger partial charge on any atom is 0.418 e. The maximum absolute atomic E-state index is 13.0. The number of halogens is 4. The van der Waals surface area contributed by atoms with Crippen molar-refractivity contribution in [3.05, 3.63) is 58.6 Å². The van der Waals surface area contributed by atoms with Gasteiger partial charge in [0.1, 0.15) is 0 Å². The van der Waals surface area contributed by atoms with Crippen LogP contribution in [0.3, 0.4) is 0 Å². The van der Waals surface area contributed by atoms with Gasteiger partial charge in [-0.3, -0.25) is 14.4 Å². The number of para-hydroxylation sites is 1. The summed E-state index contributed by atoms with van der Waals surface area (Å²) in [4.78, 5) is 37.8. The van der Waals surface area contributed by atoms with Crippen LogP contribution in [0.25, 0.3) is 0 Å². The first-order chi connectivity index (χ1) is 14.1. The van der Waals surface area contributed by atoms with Crippen LogP contribution in [0.15, 0.2) is 53.0 Å². The SMILES string of the molecule is O=C(COC(=O)[C@H]1CC(=O)N(c2ccc(Br)cc2)C1)Nc1ccccc1C(F)(F)F. The molecule has 2 aromatic carbocycles. The Labute approximate surface area is 178 Å². The molecule has 0 radical (unpaired) electrons. The van der Waals surface area contributed by atoms with E-state index >= 15 is 0 Å². The van der Waals surface area contributed by atoms with Gasteiger partial charge in [0.2, 0.25) is 5.91 Å². The van der Waals surface area contributed by atoms with E-state index in [9.17, 15) is 27.6 Å². The van der Waals surface area contributed by atoms with Crippen molar-refractivity contribution >= 4 is 45.1 Å².